The zero-order valence-corrected chi connectivity index (χ0v) is 24.2. The van der Waals surface area contributed by atoms with Crippen molar-refractivity contribution >= 4 is 39.1 Å². The van der Waals surface area contributed by atoms with E-state index in [1.165, 1.54) is 29.2 Å². The molecule has 0 saturated heterocycles. The molecule has 3 rings (SSSR count). The number of benzene rings is 3. The Morgan fingerprint density at radius 3 is 2.15 bits per heavy atom. The van der Waals surface area contributed by atoms with Crippen LogP contribution in [0.5, 0.6) is 0 Å². The van der Waals surface area contributed by atoms with Crippen LogP contribution in [-0.2, 0) is 26.0 Å². The standard InChI is InChI=1S/C30H36ClN3O4S/c1-4-20-32-30(36)28(5-2)33(21-19-24-9-7-6-8-10-24)29(35)22-34(26-15-11-23(3)12-16-26)39(37,38)27-17-13-25(31)14-18-27/h6-18,28H,4-5,19-22H2,1-3H3,(H,32,36)/t28-/m1/s1. The number of nitrogens with one attached hydrogen (secondary N) is 1. The summed E-state index contributed by atoms with van der Waals surface area (Å²) >= 11 is 6.00. The maximum absolute atomic E-state index is 13.9. The molecule has 0 heterocycles. The van der Waals surface area contributed by atoms with Gasteiger partial charge in [-0.25, -0.2) is 8.42 Å². The van der Waals surface area contributed by atoms with E-state index in [4.69, 9.17) is 11.6 Å². The minimum Gasteiger partial charge on any atom is -0.354 e. The number of hydrogen-bond donors (Lipinski definition) is 1. The molecule has 7 nitrogen and oxygen atoms in total. The minimum atomic E-state index is -4.12. The average Bonchev–Trinajstić information content (AvgIpc) is 2.93. The van der Waals surface area contributed by atoms with E-state index in [0.717, 1.165) is 21.9 Å². The Kier molecular flexibility index (Phi) is 10.9. The van der Waals surface area contributed by atoms with Crippen LogP contribution in [0.3, 0.4) is 0 Å². The van der Waals surface area contributed by atoms with Crippen molar-refractivity contribution in [2.45, 2.75) is 51.0 Å². The van der Waals surface area contributed by atoms with Gasteiger partial charge in [-0.2, -0.15) is 0 Å². The number of carbonyl (C=O) groups is 2. The van der Waals surface area contributed by atoms with Crippen molar-refractivity contribution in [2.75, 3.05) is 23.9 Å². The normalized spacial score (nSPS) is 12.0. The van der Waals surface area contributed by atoms with Gasteiger partial charge in [-0.1, -0.05) is 73.5 Å². The van der Waals surface area contributed by atoms with E-state index in [9.17, 15) is 18.0 Å². The molecule has 3 aromatic rings. The molecule has 0 aliphatic heterocycles. The van der Waals surface area contributed by atoms with E-state index < -0.39 is 28.5 Å². The van der Waals surface area contributed by atoms with Gasteiger partial charge in [-0.3, -0.25) is 13.9 Å². The summed E-state index contributed by atoms with van der Waals surface area (Å²) in [5.41, 5.74) is 2.33. The summed E-state index contributed by atoms with van der Waals surface area (Å²) in [5.74, 6) is -0.703. The van der Waals surface area contributed by atoms with Crippen LogP contribution < -0.4 is 9.62 Å². The molecule has 0 bridgehead atoms. The molecule has 1 atom stereocenters. The molecule has 1 N–H and O–H groups in total. The fourth-order valence-corrected chi connectivity index (χ4v) is 5.78. The van der Waals surface area contributed by atoms with Gasteiger partial charge < -0.3 is 10.2 Å². The molecule has 0 aliphatic rings. The molecule has 9 heteroatoms. The Balaban J connectivity index is 1.99. The fourth-order valence-electron chi connectivity index (χ4n) is 4.24. The van der Waals surface area contributed by atoms with E-state index in [2.05, 4.69) is 5.32 Å². The molecule has 0 fully saturated rings. The first-order valence-electron chi connectivity index (χ1n) is 13.1. The number of hydrogen-bond acceptors (Lipinski definition) is 4. The summed E-state index contributed by atoms with van der Waals surface area (Å²) in [7, 11) is -4.12. The number of sulfonamides is 1. The largest absolute Gasteiger partial charge is 0.354 e. The zero-order chi connectivity index (χ0) is 28.4. The summed E-state index contributed by atoms with van der Waals surface area (Å²) < 4.78 is 28.7. The van der Waals surface area contributed by atoms with Gasteiger partial charge in [0.25, 0.3) is 10.0 Å². The molecular formula is C30H36ClN3O4S. The van der Waals surface area contributed by atoms with Crippen molar-refractivity contribution in [1.82, 2.24) is 10.2 Å². The third-order valence-corrected chi connectivity index (χ3v) is 8.46. The van der Waals surface area contributed by atoms with Gasteiger partial charge in [0.1, 0.15) is 12.6 Å². The number of nitrogens with zero attached hydrogens (tertiary/aromatic N) is 2. The Morgan fingerprint density at radius 1 is 0.923 bits per heavy atom. The first-order valence-corrected chi connectivity index (χ1v) is 14.9. The average molecular weight is 570 g/mol. The van der Waals surface area contributed by atoms with Crippen LogP contribution in [0.15, 0.2) is 83.8 Å². The second kappa shape index (κ2) is 14.1. The lowest BCUT2D eigenvalue weighted by atomic mass is 10.1. The highest BCUT2D eigenvalue weighted by molar-refractivity contribution is 7.92. The molecule has 0 unspecified atom stereocenters. The van der Waals surface area contributed by atoms with E-state index in [1.54, 1.807) is 24.3 Å². The third kappa shape index (κ3) is 8.07. The second-order valence-corrected chi connectivity index (χ2v) is 11.6. The molecule has 0 saturated carbocycles. The third-order valence-electron chi connectivity index (χ3n) is 6.42. The summed E-state index contributed by atoms with van der Waals surface area (Å²) in [6.45, 7) is 6.02. The summed E-state index contributed by atoms with van der Waals surface area (Å²) in [6, 6.07) is 21.7. The van der Waals surface area contributed by atoms with E-state index in [1.807, 2.05) is 51.1 Å². The second-order valence-electron chi connectivity index (χ2n) is 9.34. The number of anilines is 1. The predicted octanol–water partition coefficient (Wildman–Crippen LogP) is 5.22. The predicted molar refractivity (Wildman–Crippen MR) is 156 cm³/mol. The van der Waals surface area contributed by atoms with Gasteiger partial charge in [-0.05, 0) is 68.1 Å². The van der Waals surface area contributed by atoms with Gasteiger partial charge in [0.15, 0.2) is 0 Å². The Labute approximate surface area is 236 Å². The minimum absolute atomic E-state index is 0.0174. The summed E-state index contributed by atoms with van der Waals surface area (Å²) in [4.78, 5) is 28.6. The van der Waals surface area contributed by atoms with Gasteiger partial charge in [0.2, 0.25) is 11.8 Å². The fraction of sp³-hybridized carbons (Fsp3) is 0.333. The molecule has 208 valence electrons. The van der Waals surface area contributed by atoms with Crippen molar-refractivity contribution in [3.63, 3.8) is 0 Å². The van der Waals surface area contributed by atoms with Gasteiger partial charge >= 0.3 is 0 Å². The number of rotatable bonds is 13. The maximum atomic E-state index is 13.9. The van der Waals surface area contributed by atoms with Crippen LogP contribution in [0, 0.1) is 6.92 Å². The lowest BCUT2D eigenvalue weighted by Crippen LogP contribution is -2.53. The Bertz CT molecular complexity index is 1330. The van der Waals surface area contributed by atoms with Crippen LogP contribution in [0.4, 0.5) is 5.69 Å². The highest BCUT2D eigenvalue weighted by Gasteiger charge is 2.33. The van der Waals surface area contributed by atoms with Gasteiger partial charge in [-0.15, -0.1) is 0 Å². The van der Waals surface area contributed by atoms with Crippen LogP contribution >= 0.6 is 11.6 Å². The lowest BCUT2D eigenvalue weighted by molar-refractivity contribution is -0.139. The van der Waals surface area contributed by atoms with Crippen molar-refractivity contribution < 1.29 is 18.0 Å². The quantitative estimate of drug-likeness (QED) is 0.306. The topological polar surface area (TPSA) is 86.8 Å². The highest BCUT2D eigenvalue weighted by Crippen LogP contribution is 2.26. The Hall–Kier alpha value is -3.36. The molecule has 0 aromatic heterocycles. The SMILES string of the molecule is CCCNC(=O)[C@@H](CC)N(CCc1ccccc1)C(=O)CN(c1ccc(C)cc1)S(=O)(=O)c1ccc(Cl)cc1. The number of carbonyl (C=O) groups excluding carboxylic acids is 2. The molecule has 2 amide bonds. The van der Waals surface area contributed by atoms with Crippen LogP contribution in [0.1, 0.15) is 37.8 Å². The first kappa shape index (κ1) is 30.2. The number of halogens is 1. The number of aryl methyl sites for hydroxylation is 1. The van der Waals surface area contributed by atoms with Gasteiger partial charge in [0, 0.05) is 18.1 Å². The van der Waals surface area contributed by atoms with E-state index >= 15 is 0 Å². The molecule has 39 heavy (non-hydrogen) atoms. The van der Waals surface area contributed by atoms with Crippen molar-refractivity contribution in [3.05, 3.63) is 95.0 Å². The monoisotopic (exact) mass is 569 g/mol. The smallest absolute Gasteiger partial charge is 0.264 e. The number of amides is 2. The molecule has 0 radical (unpaired) electrons. The Morgan fingerprint density at radius 2 is 1.56 bits per heavy atom. The van der Waals surface area contributed by atoms with Crippen LogP contribution in [-0.4, -0.2) is 50.8 Å². The van der Waals surface area contributed by atoms with Gasteiger partial charge in [0.05, 0.1) is 10.6 Å². The summed E-state index contributed by atoms with van der Waals surface area (Å²) in [6.07, 6.45) is 1.68. The molecule has 3 aromatic carbocycles. The highest BCUT2D eigenvalue weighted by atomic mass is 35.5. The molecule has 0 spiro atoms. The summed E-state index contributed by atoms with van der Waals surface area (Å²) in [5, 5.41) is 3.30. The molecular weight excluding hydrogens is 534 g/mol. The van der Waals surface area contributed by atoms with Crippen LogP contribution in [0.25, 0.3) is 0 Å². The van der Waals surface area contributed by atoms with E-state index in [-0.39, 0.29) is 17.3 Å². The maximum Gasteiger partial charge on any atom is 0.264 e. The van der Waals surface area contributed by atoms with Crippen molar-refractivity contribution in [1.29, 1.82) is 0 Å². The van der Waals surface area contributed by atoms with Crippen molar-refractivity contribution in [3.8, 4) is 0 Å². The van der Waals surface area contributed by atoms with E-state index in [0.29, 0.717) is 30.1 Å². The van der Waals surface area contributed by atoms with Crippen molar-refractivity contribution in [2.24, 2.45) is 0 Å². The lowest BCUT2D eigenvalue weighted by Gasteiger charge is -2.33. The zero-order valence-electron chi connectivity index (χ0n) is 22.6. The first-order chi connectivity index (χ1) is 18.7. The van der Waals surface area contributed by atoms with Crippen LogP contribution in [0.2, 0.25) is 5.02 Å². The molecule has 0 aliphatic carbocycles.